The van der Waals surface area contributed by atoms with E-state index < -0.39 is 0 Å². The van der Waals surface area contributed by atoms with E-state index in [4.69, 9.17) is 0 Å². The quantitative estimate of drug-likeness (QED) is 0.537. The number of rotatable bonds is 8. The number of imide groups is 1. The van der Waals surface area contributed by atoms with Crippen molar-refractivity contribution in [2.45, 2.75) is 44.3 Å². The van der Waals surface area contributed by atoms with E-state index in [0.717, 1.165) is 25.8 Å². The van der Waals surface area contributed by atoms with Crippen molar-refractivity contribution in [2.24, 2.45) is 0 Å². The maximum Gasteiger partial charge on any atom is 0.242 e. The van der Waals surface area contributed by atoms with Gasteiger partial charge < -0.3 is 5.32 Å². The molecule has 0 aliphatic carbocycles. The summed E-state index contributed by atoms with van der Waals surface area (Å²) >= 11 is 1.40. The van der Waals surface area contributed by atoms with Crippen molar-refractivity contribution in [3.05, 3.63) is 0 Å². The number of amides is 3. The lowest BCUT2D eigenvalue weighted by molar-refractivity contribution is -0.136. The first kappa shape index (κ1) is 16.0. The van der Waals surface area contributed by atoms with Crippen LogP contribution in [0.15, 0.2) is 0 Å². The molecular weight excluding hydrogens is 264 g/mol. The summed E-state index contributed by atoms with van der Waals surface area (Å²) in [6, 6.07) is 0. The van der Waals surface area contributed by atoms with E-state index in [9.17, 15) is 14.4 Å². The molecule has 0 bridgehead atoms. The van der Waals surface area contributed by atoms with Crippen LogP contribution >= 0.6 is 11.8 Å². The second-order valence-electron chi connectivity index (χ2n) is 4.66. The Morgan fingerprint density at radius 3 is 2.74 bits per heavy atom. The highest BCUT2D eigenvalue weighted by atomic mass is 32.2. The third kappa shape index (κ3) is 5.22. The van der Waals surface area contributed by atoms with Gasteiger partial charge in [0.25, 0.3) is 0 Å². The molecule has 3 amide bonds. The van der Waals surface area contributed by atoms with Gasteiger partial charge in [0.1, 0.15) is 0 Å². The molecule has 1 N–H and O–H groups in total. The highest BCUT2D eigenvalue weighted by Gasteiger charge is 2.36. The van der Waals surface area contributed by atoms with Crippen LogP contribution in [0.1, 0.15) is 39.0 Å². The van der Waals surface area contributed by atoms with E-state index >= 15 is 0 Å². The normalized spacial score (nSPS) is 19.1. The lowest BCUT2D eigenvalue weighted by Gasteiger charge is -2.08. The largest absolute Gasteiger partial charge is 0.356 e. The summed E-state index contributed by atoms with van der Waals surface area (Å²) in [6.45, 7) is 2.84. The van der Waals surface area contributed by atoms with Crippen LogP contribution < -0.4 is 5.32 Å². The molecule has 0 radical (unpaired) electrons. The fourth-order valence-corrected chi connectivity index (χ4v) is 2.99. The highest BCUT2D eigenvalue weighted by molar-refractivity contribution is 8.00. The van der Waals surface area contributed by atoms with Crippen molar-refractivity contribution in [3.63, 3.8) is 0 Å². The Hall–Kier alpha value is -1.04. The van der Waals surface area contributed by atoms with E-state index in [1.807, 2.05) is 0 Å². The SMILES string of the molecule is CCCCCNC(=O)CCSC1CC(=O)N(C)C1=O. The maximum atomic E-state index is 11.6. The third-order valence-corrected chi connectivity index (χ3v) is 4.30. The van der Waals surface area contributed by atoms with Crippen molar-refractivity contribution in [1.82, 2.24) is 10.2 Å². The Kier molecular flexibility index (Phi) is 6.91. The highest BCUT2D eigenvalue weighted by Crippen LogP contribution is 2.24. The van der Waals surface area contributed by atoms with Crippen LogP contribution in [-0.2, 0) is 14.4 Å². The number of carbonyl (C=O) groups excluding carboxylic acids is 3. The summed E-state index contributed by atoms with van der Waals surface area (Å²) in [6.07, 6.45) is 3.93. The van der Waals surface area contributed by atoms with Crippen molar-refractivity contribution in [2.75, 3.05) is 19.3 Å². The fourth-order valence-electron chi connectivity index (χ4n) is 1.84. The lowest BCUT2D eigenvalue weighted by Crippen LogP contribution is -2.27. The van der Waals surface area contributed by atoms with Gasteiger partial charge in [0.2, 0.25) is 17.7 Å². The van der Waals surface area contributed by atoms with Crippen LogP contribution in [0.5, 0.6) is 0 Å². The van der Waals surface area contributed by atoms with E-state index in [0.29, 0.717) is 12.2 Å². The van der Waals surface area contributed by atoms with Crippen LogP contribution in [0.2, 0.25) is 0 Å². The molecule has 1 rings (SSSR count). The Bertz CT molecular complexity index is 347. The summed E-state index contributed by atoms with van der Waals surface area (Å²) in [5, 5.41) is 2.56. The zero-order chi connectivity index (χ0) is 14.3. The second kappa shape index (κ2) is 8.19. The molecule has 19 heavy (non-hydrogen) atoms. The molecule has 0 aromatic heterocycles. The summed E-state index contributed by atoms with van der Waals surface area (Å²) in [7, 11) is 1.51. The summed E-state index contributed by atoms with van der Waals surface area (Å²) < 4.78 is 0. The predicted octanol–water partition coefficient (Wildman–Crippen LogP) is 1.17. The number of thioether (sulfide) groups is 1. The van der Waals surface area contributed by atoms with Gasteiger partial charge in [-0.15, -0.1) is 11.8 Å². The van der Waals surface area contributed by atoms with Crippen molar-refractivity contribution >= 4 is 29.5 Å². The van der Waals surface area contributed by atoms with Gasteiger partial charge in [-0.1, -0.05) is 19.8 Å². The van der Waals surface area contributed by atoms with Crippen molar-refractivity contribution in [1.29, 1.82) is 0 Å². The molecule has 1 aliphatic rings. The van der Waals surface area contributed by atoms with Gasteiger partial charge in [-0.2, -0.15) is 0 Å². The molecule has 0 aromatic rings. The summed E-state index contributed by atoms with van der Waals surface area (Å²) in [4.78, 5) is 35.6. The first-order chi connectivity index (χ1) is 9.06. The van der Waals surface area contributed by atoms with Gasteiger partial charge in [-0.05, 0) is 6.42 Å². The minimum Gasteiger partial charge on any atom is -0.356 e. The molecule has 6 heteroatoms. The molecule has 0 aromatic carbocycles. The van der Waals surface area contributed by atoms with E-state index in [-0.39, 0.29) is 29.4 Å². The molecular formula is C13H22N2O3S. The zero-order valence-electron chi connectivity index (χ0n) is 11.6. The standard InChI is InChI=1S/C13H22N2O3S/c1-3-4-5-7-14-11(16)6-8-19-10-9-12(17)15(2)13(10)18/h10H,3-9H2,1-2H3,(H,14,16). The first-order valence-corrected chi connectivity index (χ1v) is 7.79. The number of likely N-dealkylation sites (tertiary alicyclic amines) is 1. The predicted molar refractivity (Wildman–Crippen MR) is 75.8 cm³/mol. The van der Waals surface area contributed by atoms with Crippen LogP contribution in [0, 0.1) is 0 Å². The van der Waals surface area contributed by atoms with Gasteiger partial charge in [0.15, 0.2) is 0 Å². The van der Waals surface area contributed by atoms with Gasteiger partial charge in [-0.3, -0.25) is 19.3 Å². The average Bonchev–Trinajstić information content (AvgIpc) is 2.62. The first-order valence-electron chi connectivity index (χ1n) is 6.75. The summed E-state index contributed by atoms with van der Waals surface area (Å²) in [5.74, 6) is 0.329. The number of unbranched alkanes of at least 4 members (excludes halogenated alkanes) is 2. The van der Waals surface area contributed by atoms with E-state index in [1.54, 1.807) is 0 Å². The molecule has 1 fully saturated rings. The lowest BCUT2D eigenvalue weighted by atomic mass is 10.2. The molecule has 1 aliphatic heterocycles. The molecule has 1 heterocycles. The molecule has 5 nitrogen and oxygen atoms in total. The van der Waals surface area contributed by atoms with Crippen LogP contribution in [0.3, 0.4) is 0 Å². The minimum atomic E-state index is -0.301. The molecule has 108 valence electrons. The maximum absolute atomic E-state index is 11.6. The third-order valence-electron chi connectivity index (χ3n) is 3.09. The number of nitrogens with zero attached hydrogens (tertiary/aromatic N) is 1. The number of hydrogen-bond donors (Lipinski definition) is 1. The number of hydrogen-bond acceptors (Lipinski definition) is 4. The molecule has 1 atom stereocenters. The molecule has 1 saturated heterocycles. The van der Waals surface area contributed by atoms with Gasteiger partial charge >= 0.3 is 0 Å². The van der Waals surface area contributed by atoms with Gasteiger partial charge in [-0.25, -0.2) is 0 Å². The van der Waals surface area contributed by atoms with Crippen molar-refractivity contribution in [3.8, 4) is 0 Å². The molecule has 1 unspecified atom stereocenters. The van der Waals surface area contributed by atoms with Gasteiger partial charge in [0.05, 0.1) is 5.25 Å². The second-order valence-corrected chi connectivity index (χ2v) is 5.97. The van der Waals surface area contributed by atoms with E-state index in [2.05, 4.69) is 12.2 Å². The molecule has 0 saturated carbocycles. The Balaban J connectivity index is 2.12. The Morgan fingerprint density at radius 2 is 2.16 bits per heavy atom. The topological polar surface area (TPSA) is 66.5 Å². The Morgan fingerprint density at radius 1 is 1.42 bits per heavy atom. The van der Waals surface area contributed by atoms with Crippen LogP contribution in [0.4, 0.5) is 0 Å². The fraction of sp³-hybridized carbons (Fsp3) is 0.769. The van der Waals surface area contributed by atoms with Crippen LogP contribution in [-0.4, -0.2) is 47.2 Å². The monoisotopic (exact) mass is 286 g/mol. The van der Waals surface area contributed by atoms with Crippen LogP contribution in [0.25, 0.3) is 0 Å². The number of nitrogens with one attached hydrogen (secondary N) is 1. The minimum absolute atomic E-state index is 0.0220. The van der Waals surface area contributed by atoms with E-state index in [1.165, 1.54) is 23.7 Å². The van der Waals surface area contributed by atoms with Crippen molar-refractivity contribution < 1.29 is 14.4 Å². The zero-order valence-corrected chi connectivity index (χ0v) is 12.4. The average molecular weight is 286 g/mol. The smallest absolute Gasteiger partial charge is 0.242 e. The van der Waals surface area contributed by atoms with Gasteiger partial charge in [0, 0.05) is 32.2 Å². The summed E-state index contributed by atoms with van der Waals surface area (Å²) in [5.41, 5.74) is 0. The molecule has 0 spiro atoms. The number of carbonyl (C=O) groups is 3. The Labute approximate surface area is 118 Å².